The van der Waals surface area contributed by atoms with Gasteiger partial charge in [-0.05, 0) is 12.1 Å². The highest BCUT2D eigenvalue weighted by Crippen LogP contribution is 2.29. The van der Waals surface area contributed by atoms with Gasteiger partial charge in [-0.15, -0.1) is 11.3 Å². The van der Waals surface area contributed by atoms with Crippen molar-refractivity contribution >= 4 is 45.2 Å². The van der Waals surface area contributed by atoms with Gasteiger partial charge in [0.05, 0.1) is 10.2 Å². The molecule has 1 heterocycles. The average molecular weight is 296 g/mol. The number of nitrogens with one attached hydrogen (secondary N) is 1. The van der Waals surface area contributed by atoms with Crippen LogP contribution in [0.1, 0.15) is 6.92 Å². The second-order valence-corrected chi connectivity index (χ2v) is 6.15. The van der Waals surface area contributed by atoms with E-state index in [0.29, 0.717) is 0 Å². The molecule has 7 heteroatoms. The second kappa shape index (κ2) is 6.03. The van der Waals surface area contributed by atoms with Crippen LogP contribution in [0.4, 0.5) is 0 Å². The lowest BCUT2D eigenvalue weighted by molar-refractivity contribution is -0.140. The highest BCUT2D eigenvalue weighted by molar-refractivity contribution is 8.01. The van der Waals surface area contributed by atoms with Crippen molar-refractivity contribution in [2.24, 2.45) is 0 Å². The summed E-state index contributed by atoms with van der Waals surface area (Å²) in [5.41, 5.74) is 0.904. The summed E-state index contributed by atoms with van der Waals surface area (Å²) in [6.07, 6.45) is 0. The van der Waals surface area contributed by atoms with Gasteiger partial charge in [0.2, 0.25) is 5.91 Å². The Morgan fingerprint density at radius 3 is 2.84 bits per heavy atom. The number of nitrogens with zero attached hydrogens (tertiary/aromatic N) is 1. The summed E-state index contributed by atoms with van der Waals surface area (Å²) in [4.78, 5) is 26.3. The molecule has 0 radical (unpaired) electrons. The maximum Gasteiger partial charge on any atom is 0.327 e. The number of hydrogen-bond acceptors (Lipinski definition) is 5. The molecule has 1 aromatic carbocycles. The van der Waals surface area contributed by atoms with Gasteiger partial charge in [-0.2, -0.15) is 0 Å². The average Bonchev–Trinajstić information content (AvgIpc) is 2.76. The van der Waals surface area contributed by atoms with Crippen LogP contribution >= 0.6 is 23.1 Å². The molecule has 0 bridgehead atoms. The number of thiazole rings is 1. The van der Waals surface area contributed by atoms with Gasteiger partial charge in [-0.25, -0.2) is 9.78 Å². The molecule has 0 aliphatic carbocycles. The number of carbonyl (C=O) groups excluding carboxylic acids is 1. The first-order valence-corrected chi connectivity index (χ1v) is 7.35. The van der Waals surface area contributed by atoms with Crippen LogP contribution in [-0.4, -0.2) is 33.8 Å². The van der Waals surface area contributed by atoms with Crippen LogP contribution < -0.4 is 5.32 Å². The molecule has 0 aliphatic heterocycles. The van der Waals surface area contributed by atoms with Crippen molar-refractivity contribution in [2.45, 2.75) is 17.3 Å². The van der Waals surface area contributed by atoms with E-state index >= 15 is 0 Å². The number of hydrogen-bond donors (Lipinski definition) is 2. The van der Waals surface area contributed by atoms with E-state index in [1.165, 1.54) is 30.0 Å². The molecule has 5 nitrogen and oxygen atoms in total. The quantitative estimate of drug-likeness (QED) is 0.825. The molecule has 2 aromatic rings. The van der Waals surface area contributed by atoms with Crippen LogP contribution in [0.5, 0.6) is 0 Å². The van der Waals surface area contributed by atoms with Gasteiger partial charge in [-0.3, -0.25) is 4.79 Å². The minimum atomic E-state index is -1.04. The molecule has 0 saturated carbocycles. The fourth-order valence-electron chi connectivity index (χ4n) is 1.49. The summed E-state index contributed by atoms with van der Waals surface area (Å²) in [6, 6.07) is 6.84. The van der Waals surface area contributed by atoms with Crippen molar-refractivity contribution in [1.29, 1.82) is 0 Å². The summed E-state index contributed by atoms with van der Waals surface area (Å²) in [5.74, 6) is -1.13. The van der Waals surface area contributed by atoms with Gasteiger partial charge >= 0.3 is 5.97 Å². The van der Waals surface area contributed by atoms with Crippen molar-refractivity contribution in [3.05, 3.63) is 24.3 Å². The number of fused-ring (bicyclic) bond motifs is 1. The first-order valence-electron chi connectivity index (χ1n) is 5.54. The van der Waals surface area contributed by atoms with E-state index in [0.717, 1.165) is 14.6 Å². The maximum atomic E-state index is 11.0. The monoisotopic (exact) mass is 296 g/mol. The van der Waals surface area contributed by atoms with E-state index in [-0.39, 0.29) is 11.7 Å². The Balaban J connectivity index is 2.03. The Morgan fingerprint density at radius 1 is 1.47 bits per heavy atom. The molecule has 0 spiro atoms. The third kappa shape index (κ3) is 3.68. The highest BCUT2D eigenvalue weighted by Gasteiger charge is 2.19. The summed E-state index contributed by atoms with van der Waals surface area (Å²) in [5, 5.41) is 11.4. The number of aliphatic carboxylic acids is 1. The van der Waals surface area contributed by atoms with Crippen LogP contribution in [0, 0.1) is 0 Å². The predicted octanol–water partition coefficient (Wildman–Crippen LogP) is 1.98. The van der Waals surface area contributed by atoms with Crippen LogP contribution in [0.25, 0.3) is 10.2 Å². The summed E-state index contributed by atoms with van der Waals surface area (Å²) in [6.45, 7) is 1.30. The normalized spacial score (nSPS) is 12.3. The highest BCUT2D eigenvalue weighted by atomic mass is 32.2. The molecule has 0 aliphatic rings. The smallest absolute Gasteiger partial charge is 0.327 e. The third-order valence-electron chi connectivity index (χ3n) is 2.32. The number of carboxylic acids is 1. The van der Waals surface area contributed by atoms with Crippen molar-refractivity contribution in [3.63, 3.8) is 0 Å². The van der Waals surface area contributed by atoms with Gasteiger partial charge in [0, 0.05) is 12.7 Å². The minimum Gasteiger partial charge on any atom is -0.480 e. The first kappa shape index (κ1) is 13.8. The van der Waals surface area contributed by atoms with Gasteiger partial charge in [0.25, 0.3) is 0 Å². The van der Waals surface area contributed by atoms with Crippen LogP contribution in [0.2, 0.25) is 0 Å². The lowest BCUT2D eigenvalue weighted by Gasteiger charge is -2.11. The number of carboxylic acid groups (broad SMARTS) is 1. The van der Waals surface area contributed by atoms with E-state index in [4.69, 9.17) is 5.11 Å². The lowest BCUT2D eigenvalue weighted by Crippen LogP contribution is -2.41. The molecule has 1 atom stereocenters. The Kier molecular flexibility index (Phi) is 4.39. The fraction of sp³-hybridized carbons (Fsp3) is 0.250. The number of thioether (sulfide) groups is 1. The zero-order chi connectivity index (χ0) is 13.8. The molecule has 19 heavy (non-hydrogen) atoms. The van der Waals surface area contributed by atoms with Crippen molar-refractivity contribution < 1.29 is 14.7 Å². The first-order chi connectivity index (χ1) is 9.06. The van der Waals surface area contributed by atoms with E-state index in [1.807, 2.05) is 24.3 Å². The molecule has 0 saturated heterocycles. The summed E-state index contributed by atoms with van der Waals surface area (Å²) in [7, 11) is 0. The molecule has 2 rings (SSSR count). The van der Waals surface area contributed by atoms with Crippen molar-refractivity contribution in [1.82, 2.24) is 10.3 Å². The van der Waals surface area contributed by atoms with Crippen LogP contribution in [0.3, 0.4) is 0 Å². The summed E-state index contributed by atoms with van der Waals surface area (Å²) < 4.78 is 1.87. The van der Waals surface area contributed by atoms with E-state index in [2.05, 4.69) is 10.3 Å². The predicted molar refractivity (Wildman–Crippen MR) is 75.6 cm³/mol. The summed E-state index contributed by atoms with van der Waals surface area (Å²) >= 11 is 2.85. The Hall–Kier alpha value is -1.60. The molecular formula is C12H12N2O3S2. The standard InChI is InChI=1S/C12H12N2O3S2/c1-7(15)13-9(11(16)17)6-18-12-14-8-4-2-3-5-10(8)19-12/h2-5,9H,6H2,1H3,(H,13,15)(H,16,17). The molecule has 2 N–H and O–H groups in total. The van der Waals surface area contributed by atoms with Gasteiger partial charge in [0.15, 0.2) is 4.34 Å². The van der Waals surface area contributed by atoms with Gasteiger partial charge < -0.3 is 10.4 Å². The topological polar surface area (TPSA) is 79.3 Å². The number of para-hydroxylation sites is 1. The van der Waals surface area contributed by atoms with E-state index in [9.17, 15) is 9.59 Å². The number of rotatable bonds is 5. The molecule has 1 unspecified atom stereocenters. The van der Waals surface area contributed by atoms with E-state index in [1.54, 1.807) is 0 Å². The maximum absolute atomic E-state index is 11.0. The second-order valence-electron chi connectivity index (χ2n) is 3.85. The van der Waals surface area contributed by atoms with Crippen LogP contribution in [0.15, 0.2) is 28.6 Å². The van der Waals surface area contributed by atoms with Crippen molar-refractivity contribution in [3.8, 4) is 0 Å². The van der Waals surface area contributed by atoms with Gasteiger partial charge in [0.1, 0.15) is 6.04 Å². The van der Waals surface area contributed by atoms with Crippen molar-refractivity contribution in [2.75, 3.05) is 5.75 Å². The van der Waals surface area contributed by atoms with E-state index < -0.39 is 12.0 Å². The largest absolute Gasteiger partial charge is 0.480 e. The number of amides is 1. The molecule has 1 amide bonds. The SMILES string of the molecule is CC(=O)NC(CSc1nc2ccccc2s1)C(=O)O. The number of carbonyl (C=O) groups is 2. The zero-order valence-corrected chi connectivity index (χ0v) is 11.8. The lowest BCUT2D eigenvalue weighted by atomic mass is 10.3. The Labute approximate surface area is 118 Å². The Bertz CT molecular complexity index is 579. The fourth-order valence-corrected chi connectivity index (χ4v) is 3.59. The molecular weight excluding hydrogens is 284 g/mol. The Morgan fingerprint density at radius 2 is 2.21 bits per heavy atom. The molecule has 100 valence electrons. The number of benzene rings is 1. The zero-order valence-electron chi connectivity index (χ0n) is 10.1. The van der Waals surface area contributed by atoms with Gasteiger partial charge in [-0.1, -0.05) is 23.9 Å². The number of aromatic nitrogens is 1. The third-order valence-corrected chi connectivity index (χ3v) is 4.60. The minimum absolute atomic E-state index is 0.259. The molecule has 1 aromatic heterocycles. The van der Waals surface area contributed by atoms with Crippen LogP contribution in [-0.2, 0) is 9.59 Å². The molecule has 0 fully saturated rings.